The second-order valence-electron chi connectivity index (χ2n) is 6.74. The third-order valence-corrected chi connectivity index (χ3v) is 4.69. The molecule has 0 spiro atoms. The number of nitrogens with zero attached hydrogens (tertiary/aromatic N) is 2. The van der Waals surface area contributed by atoms with Crippen LogP contribution in [-0.4, -0.2) is 66.5 Å². The number of phenolic OH excluding ortho intramolecular Hbond substituents is 1. The summed E-state index contributed by atoms with van der Waals surface area (Å²) in [6.07, 6.45) is 2.89. The van der Waals surface area contributed by atoms with Crippen LogP contribution in [0.1, 0.15) is 37.7 Å². The van der Waals surface area contributed by atoms with Crippen LogP contribution in [0.5, 0.6) is 5.75 Å². The van der Waals surface area contributed by atoms with Crippen molar-refractivity contribution in [1.82, 2.24) is 15.1 Å². The molecule has 0 bridgehead atoms. The average molecular weight is 347 g/mol. The van der Waals surface area contributed by atoms with Crippen LogP contribution in [0.25, 0.3) is 0 Å². The molecule has 6 heteroatoms. The van der Waals surface area contributed by atoms with E-state index in [0.717, 1.165) is 32.4 Å². The fourth-order valence-electron chi connectivity index (χ4n) is 3.11. The second-order valence-corrected chi connectivity index (χ2v) is 6.74. The monoisotopic (exact) mass is 347 g/mol. The molecule has 0 aromatic heterocycles. The predicted octanol–water partition coefficient (Wildman–Crippen LogP) is 1.56. The Labute approximate surface area is 149 Å². The van der Waals surface area contributed by atoms with Crippen LogP contribution in [0, 0.1) is 0 Å². The van der Waals surface area contributed by atoms with Crippen LogP contribution in [0.3, 0.4) is 0 Å². The largest absolute Gasteiger partial charge is 0.508 e. The summed E-state index contributed by atoms with van der Waals surface area (Å²) >= 11 is 0. The standard InChI is InChI=1S/C19H29N3O3/c1-3-10-20-18(24)13-21(2)19(25)14-22-11-8-16(9-12-22)15-4-6-17(23)7-5-15/h4-7,16,23H,3,8-14H2,1-2H3,(H,20,24). The fourth-order valence-corrected chi connectivity index (χ4v) is 3.11. The van der Waals surface area contributed by atoms with E-state index in [-0.39, 0.29) is 24.1 Å². The van der Waals surface area contributed by atoms with Gasteiger partial charge in [0.2, 0.25) is 11.8 Å². The first-order valence-corrected chi connectivity index (χ1v) is 9.01. The quantitative estimate of drug-likeness (QED) is 0.785. The smallest absolute Gasteiger partial charge is 0.239 e. The highest BCUT2D eigenvalue weighted by molar-refractivity contribution is 5.85. The molecule has 25 heavy (non-hydrogen) atoms. The number of hydrogen-bond acceptors (Lipinski definition) is 4. The number of benzene rings is 1. The van der Waals surface area contributed by atoms with Crippen molar-refractivity contribution in [3.63, 3.8) is 0 Å². The maximum atomic E-state index is 12.3. The van der Waals surface area contributed by atoms with Crippen LogP contribution in [0.4, 0.5) is 0 Å². The van der Waals surface area contributed by atoms with Crippen LogP contribution in [0.2, 0.25) is 0 Å². The number of phenols is 1. The number of aromatic hydroxyl groups is 1. The third kappa shape index (κ3) is 6.05. The number of piperidine rings is 1. The van der Waals surface area contributed by atoms with Gasteiger partial charge in [-0.05, 0) is 56.0 Å². The van der Waals surface area contributed by atoms with E-state index in [9.17, 15) is 14.7 Å². The van der Waals surface area contributed by atoms with Crippen molar-refractivity contribution in [1.29, 1.82) is 0 Å². The van der Waals surface area contributed by atoms with Gasteiger partial charge in [-0.25, -0.2) is 0 Å². The van der Waals surface area contributed by atoms with E-state index in [4.69, 9.17) is 0 Å². The van der Waals surface area contributed by atoms with Gasteiger partial charge in [-0.3, -0.25) is 14.5 Å². The van der Waals surface area contributed by atoms with Crippen molar-refractivity contribution in [2.24, 2.45) is 0 Å². The van der Waals surface area contributed by atoms with Gasteiger partial charge in [0.1, 0.15) is 5.75 Å². The van der Waals surface area contributed by atoms with Gasteiger partial charge in [0.25, 0.3) is 0 Å². The molecule has 0 atom stereocenters. The summed E-state index contributed by atoms with van der Waals surface area (Å²) in [7, 11) is 1.68. The molecule has 0 saturated carbocycles. The summed E-state index contributed by atoms with van der Waals surface area (Å²) in [5, 5.41) is 12.2. The molecule has 1 aliphatic rings. The summed E-state index contributed by atoms with van der Waals surface area (Å²) in [6.45, 7) is 4.85. The van der Waals surface area contributed by atoms with E-state index in [1.165, 1.54) is 10.5 Å². The average Bonchev–Trinajstić information content (AvgIpc) is 2.61. The summed E-state index contributed by atoms with van der Waals surface area (Å²) in [6, 6.07) is 7.40. The lowest BCUT2D eigenvalue weighted by molar-refractivity contribution is -0.135. The van der Waals surface area contributed by atoms with Gasteiger partial charge in [-0.1, -0.05) is 19.1 Å². The normalized spacial score (nSPS) is 15.8. The zero-order chi connectivity index (χ0) is 18.2. The SMILES string of the molecule is CCCNC(=O)CN(C)C(=O)CN1CCC(c2ccc(O)cc2)CC1. The van der Waals surface area contributed by atoms with Gasteiger partial charge in [-0.15, -0.1) is 0 Å². The van der Waals surface area contributed by atoms with Crippen LogP contribution >= 0.6 is 0 Å². The maximum absolute atomic E-state index is 12.3. The topological polar surface area (TPSA) is 72.9 Å². The van der Waals surface area contributed by atoms with Crippen LogP contribution in [-0.2, 0) is 9.59 Å². The summed E-state index contributed by atoms with van der Waals surface area (Å²) < 4.78 is 0. The minimum atomic E-state index is -0.108. The number of carbonyl (C=O) groups is 2. The maximum Gasteiger partial charge on any atom is 0.239 e. The zero-order valence-corrected chi connectivity index (χ0v) is 15.2. The molecular weight excluding hydrogens is 318 g/mol. The first kappa shape index (κ1) is 19.2. The molecule has 138 valence electrons. The second kappa shape index (κ2) is 9.42. The number of likely N-dealkylation sites (tertiary alicyclic amines) is 1. The Morgan fingerprint density at radius 3 is 2.48 bits per heavy atom. The summed E-state index contributed by atoms with van der Waals surface area (Å²) in [4.78, 5) is 27.6. The van der Waals surface area contributed by atoms with Gasteiger partial charge in [0.15, 0.2) is 0 Å². The van der Waals surface area contributed by atoms with Crippen LogP contribution in [0.15, 0.2) is 24.3 Å². The van der Waals surface area contributed by atoms with E-state index in [1.54, 1.807) is 19.2 Å². The lowest BCUT2D eigenvalue weighted by Crippen LogP contribution is -2.45. The van der Waals surface area contributed by atoms with E-state index < -0.39 is 0 Å². The number of amides is 2. The summed E-state index contributed by atoms with van der Waals surface area (Å²) in [5.41, 5.74) is 1.24. The molecule has 0 radical (unpaired) electrons. The molecule has 1 aromatic carbocycles. The fraction of sp³-hybridized carbons (Fsp3) is 0.579. The predicted molar refractivity (Wildman–Crippen MR) is 97.5 cm³/mol. The van der Waals surface area contributed by atoms with E-state index in [2.05, 4.69) is 10.2 Å². The molecule has 6 nitrogen and oxygen atoms in total. The van der Waals surface area contributed by atoms with Crippen molar-refractivity contribution in [3.8, 4) is 5.75 Å². The van der Waals surface area contributed by atoms with Gasteiger partial charge < -0.3 is 15.3 Å². The highest BCUT2D eigenvalue weighted by Crippen LogP contribution is 2.28. The number of carbonyl (C=O) groups excluding carboxylic acids is 2. The van der Waals surface area contributed by atoms with E-state index in [0.29, 0.717) is 19.0 Å². The number of rotatable bonds is 7. The summed E-state index contributed by atoms with van der Waals surface area (Å²) in [5.74, 6) is 0.640. The first-order valence-electron chi connectivity index (χ1n) is 9.01. The Morgan fingerprint density at radius 1 is 1.24 bits per heavy atom. The molecule has 0 unspecified atom stereocenters. The van der Waals surface area contributed by atoms with E-state index >= 15 is 0 Å². The third-order valence-electron chi connectivity index (χ3n) is 4.69. The van der Waals surface area contributed by atoms with Crippen molar-refractivity contribution in [3.05, 3.63) is 29.8 Å². The zero-order valence-electron chi connectivity index (χ0n) is 15.2. The number of hydrogen-bond donors (Lipinski definition) is 2. The Bertz CT molecular complexity index is 566. The Hall–Kier alpha value is -2.08. The van der Waals surface area contributed by atoms with Crippen molar-refractivity contribution in [2.45, 2.75) is 32.1 Å². The van der Waals surface area contributed by atoms with Gasteiger partial charge in [0, 0.05) is 13.6 Å². The Morgan fingerprint density at radius 2 is 1.88 bits per heavy atom. The Balaban J connectivity index is 1.74. The molecule has 2 rings (SSSR count). The minimum absolute atomic E-state index is 0.0188. The van der Waals surface area contributed by atoms with Gasteiger partial charge in [-0.2, -0.15) is 0 Å². The first-order chi connectivity index (χ1) is 12.0. The number of likely N-dealkylation sites (N-methyl/N-ethyl adjacent to an activating group) is 1. The molecule has 1 aromatic rings. The molecule has 0 aliphatic carbocycles. The molecule has 1 aliphatic heterocycles. The number of nitrogens with one attached hydrogen (secondary N) is 1. The van der Waals surface area contributed by atoms with Crippen molar-refractivity contribution in [2.75, 3.05) is 39.8 Å². The molecule has 2 amide bonds. The molecule has 1 saturated heterocycles. The van der Waals surface area contributed by atoms with Gasteiger partial charge in [0.05, 0.1) is 13.1 Å². The Kier molecular flexibility index (Phi) is 7.25. The lowest BCUT2D eigenvalue weighted by Gasteiger charge is -2.32. The molecule has 1 heterocycles. The van der Waals surface area contributed by atoms with Gasteiger partial charge >= 0.3 is 0 Å². The molecular formula is C19H29N3O3. The molecule has 2 N–H and O–H groups in total. The van der Waals surface area contributed by atoms with Crippen LogP contribution < -0.4 is 5.32 Å². The van der Waals surface area contributed by atoms with Crippen molar-refractivity contribution >= 4 is 11.8 Å². The van der Waals surface area contributed by atoms with Crippen molar-refractivity contribution < 1.29 is 14.7 Å². The minimum Gasteiger partial charge on any atom is -0.508 e. The van der Waals surface area contributed by atoms with E-state index in [1.807, 2.05) is 19.1 Å². The highest BCUT2D eigenvalue weighted by atomic mass is 16.3. The lowest BCUT2D eigenvalue weighted by atomic mass is 9.89. The highest BCUT2D eigenvalue weighted by Gasteiger charge is 2.23. The molecule has 1 fully saturated rings.